The average Bonchev–Trinajstić information content (AvgIpc) is 3.55. The van der Waals surface area contributed by atoms with Gasteiger partial charge in [-0.3, -0.25) is 9.69 Å². The van der Waals surface area contributed by atoms with Crippen molar-refractivity contribution in [2.45, 2.75) is 85.0 Å². The van der Waals surface area contributed by atoms with E-state index < -0.39 is 0 Å². The molecule has 5 rings (SSSR count). The molecule has 1 atom stereocenters. The first kappa shape index (κ1) is 24.4. The SMILES string of the molecule is CCC(c1nnnn1C1CCCC1)N(Cc1ccc(C)cc1)Cc1cc2cc(C)c(C)cc2[nH]c1=O. The smallest absolute Gasteiger partial charge is 0.252 e. The molecule has 2 aromatic carbocycles. The van der Waals surface area contributed by atoms with Gasteiger partial charge in [-0.05, 0) is 90.7 Å². The maximum Gasteiger partial charge on any atom is 0.252 e. The van der Waals surface area contributed by atoms with Crippen LogP contribution < -0.4 is 5.56 Å². The Kier molecular flexibility index (Phi) is 7.01. The summed E-state index contributed by atoms with van der Waals surface area (Å²) in [5.74, 6) is 0.903. The second kappa shape index (κ2) is 10.3. The Balaban J connectivity index is 1.54. The summed E-state index contributed by atoms with van der Waals surface area (Å²) >= 11 is 0. The lowest BCUT2D eigenvalue weighted by Gasteiger charge is -2.31. The lowest BCUT2D eigenvalue weighted by Crippen LogP contribution is -2.32. The van der Waals surface area contributed by atoms with Crippen LogP contribution in [0, 0.1) is 20.8 Å². The quantitative estimate of drug-likeness (QED) is 0.347. The molecule has 2 heterocycles. The first-order valence-corrected chi connectivity index (χ1v) is 13.1. The van der Waals surface area contributed by atoms with E-state index in [-0.39, 0.29) is 11.6 Å². The molecule has 7 nitrogen and oxygen atoms in total. The van der Waals surface area contributed by atoms with E-state index >= 15 is 0 Å². The van der Waals surface area contributed by atoms with Crippen LogP contribution in [0.1, 0.15) is 84.8 Å². The van der Waals surface area contributed by atoms with Gasteiger partial charge in [0.1, 0.15) is 0 Å². The van der Waals surface area contributed by atoms with E-state index in [9.17, 15) is 4.79 Å². The molecule has 0 amide bonds. The second-order valence-corrected chi connectivity index (χ2v) is 10.4. The van der Waals surface area contributed by atoms with Gasteiger partial charge in [-0.15, -0.1) is 5.10 Å². The molecule has 7 heteroatoms. The van der Waals surface area contributed by atoms with Gasteiger partial charge in [0.2, 0.25) is 0 Å². The Hall–Kier alpha value is -3.32. The largest absolute Gasteiger partial charge is 0.322 e. The molecule has 1 saturated carbocycles. The predicted molar refractivity (Wildman–Crippen MR) is 143 cm³/mol. The highest BCUT2D eigenvalue weighted by Crippen LogP contribution is 2.33. The zero-order valence-corrected chi connectivity index (χ0v) is 21.8. The third-order valence-corrected chi connectivity index (χ3v) is 7.73. The lowest BCUT2D eigenvalue weighted by molar-refractivity contribution is 0.158. The minimum absolute atomic E-state index is 0.00301. The maximum atomic E-state index is 13.2. The third-order valence-electron chi connectivity index (χ3n) is 7.73. The maximum absolute atomic E-state index is 13.2. The van der Waals surface area contributed by atoms with Crippen molar-refractivity contribution in [2.75, 3.05) is 0 Å². The number of benzene rings is 2. The monoisotopic (exact) mass is 484 g/mol. The van der Waals surface area contributed by atoms with E-state index in [0.29, 0.717) is 19.1 Å². The van der Waals surface area contributed by atoms with Crippen molar-refractivity contribution < 1.29 is 0 Å². The Bertz CT molecular complexity index is 1400. The van der Waals surface area contributed by atoms with E-state index in [4.69, 9.17) is 0 Å². The standard InChI is InChI=1S/C29H36N6O/c1-5-27(28-31-32-33-35(28)25-8-6-7-9-25)34(17-22-12-10-19(2)11-13-22)18-24-16-23-14-20(3)21(4)15-26(23)30-29(24)36/h10-16,25,27H,5-9,17-18H2,1-4H3,(H,30,36). The highest BCUT2D eigenvalue weighted by molar-refractivity contribution is 5.80. The van der Waals surface area contributed by atoms with Crippen molar-refractivity contribution in [3.63, 3.8) is 0 Å². The number of aryl methyl sites for hydroxylation is 3. The molecule has 188 valence electrons. The molecule has 0 bridgehead atoms. The van der Waals surface area contributed by atoms with Crippen LogP contribution in [-0.4, -0.2) is 30.1 Å². The topological polar surface area (TPSA) is 79.7 Å². The number of rotatable bonds is 8. The van der Waals surface area contributed by atoms with E-state index in [1.807, 2.05) is 0 Å². The summed E-state index contributed by atoms with van der Waals surface area (Å²) in [7, 11) is 0. The molecule has 1 N–H and O–H groups in total. The first-order chi connectivity index (χ1) is 17.4. The molecule has 4 aromatic rings. The average molecular weight is 485 g/mol. The Morgan fingerprint density at radius 1 is 1.03 bits per heavy atom. The van der Waals surface area contributed by atoms with Crippen molar-refractivity contribution in [1.82, 2.24) is 30.1 Å². The zero-order chi connectivity index (χ0) is 25.2. The van der Waals surface area contributed by atoms with Crippen molar-refractivity contribution in [1.29, 1.82) is 0 Å². The number of aromatic amines is 1. The van der Waals surface area contributed by atoms with Crippen molar-refractivity contribution in [3.05, 3.63) is 86.5 Å². The van der Waals surface area contributed by atoms with Gasteiger partial charge in [-0.25, -0.2) is 4.68 Å². The molecular weight excluding hydrogens is 448 g/mol. The summed E-state index contributed by atoms with van der Waals surface area (Å²) in [6.07, 6.45) is 5.53. The van der Waals surface area contributed by atoms with Gasteiger partial charge in [-0.1, -0.05) is 49.6 Å². The summed E-state index contributed by atoms with van der Waals surface area (Å²) in [4.78, 5) is 18.7. The molecule has 2 aromatic heterocycles. The zero-order valence-electron chi connectivity index (χ0n) is 21.8. The second-order valence-electron chi connectivity index (χ2n) is 10.4. The van der Waals surface area contributed by atoms with E-state index in [1.54, 1.807) is 0 Å². The highest BCUT2D eigenvalue weighted by atomic mass is 16.1. The molecule has 1 aliphatic rings. The van der Waals surface area contributed by atoms with Crippen LogP contribution >= 0.6 is 0 Å². The van der Waals surface area contributed by atoms with Crippen molar-refractivity contribution in [2.24, 2.45) is 0 Å². The lowest BCUT2D eigenvalue weighted by atomic mass is 10.0. The molecule has 0 radical (unpaired) electrons. The summed E-state index contributed by atoms with van der Waals surface area (Å²) in [5.41, 5.74) is 6.45. The Morgan fingerprint density at radius 3 is 2.47 bits per heavy atom. The third kappa shape index (κ3) is 4.98. The molecule has 0 spiro atoms. The predicted octanol–water partition coefficient (Wildman–Crippen LogP) is 5.71. The van der Waals surface area contributed by atoms with Crippen molar-refractivity contribution in [3.8, 4) is 0 Å². The number of hydrogen-bond acceptors (Lipinski definition) is 5. The first-order valence-electron chi connectivity index (χ1n) is 13.1. The summed E-state index contributed by atoms with van der Waals surface area (Å²) < 4.78 is 2.06. The van der Waals surface area contributed by atoms with Gasteiger partial charge in [0.15, 0.2) is 5.82 Å². The summed E-state index contributed by atoms with van der Waals surface area (Å²) in [5, 5.41) is 14.1. The van der Waals surface area contributed by atoms with Crippen LogP contribution in [0.5, 0.6) is 0 Å². The van der Waals surface area contributed by atoms with E-state index in [0.717, 1.165) is 41.6 Å². The van der Waals surface area contributed by atoms with Crippen molar-refractivity contribution >= 4 is 10.9 Å². The minimum Gasteiger partial charge on any atom is -0.322 e. The van der Waals surface area contributed by atoms with Crippen LogP contribution in [0.2, 0.25) is 0 Å². The number of hydrogen-bond donors (Lipinski definition) is 1. The van der Waals surface area contributed by atoms with Gasteiger partial charge in [-0.2, -0.15) is 0 Å². The van der Waals surface area contributed by atoms with Crippen LogP contribution in [-0.2, 0) is 13.1 Å². The van der Waals surface area contributed by atoms with Crippen LogP contribution in [0.25, 0.3) is 10.9 Å². The molecule has 1 aliphatic carbocycles. The number of fused-ring (bicyclic) bond motifs is 1. The minimum atomic E-state index is -0.0371. The summed E-state index contributed by atoms with van der Waals surface area (Å²) in [6.45, 7) is 9.69. The van der Waals surface area contributed by atoms with Crippen LogP contribution in [0.3, 0.4) is 0 Å². The van der Waals surface area contributed by atoms with Crippen LogP contribution in [0.4, 0.5) is 0 Å². The van der Waals surface area contributed by atoms with Crippen LogP contribution in [0.15, 0.2) is 47.3 Å². The molecule has 0 aliphatic heterocycles. The van der Waals surface area contributed by atoms with Gasteiger partial charge < -0.3 is 4.98 Å². The summed E-state index contributed by atoms with van der Waals surface area (Å²) in [6, 6.07) is 15.3. The van der Waals surface area contributed by atoms with Gasteiger partial charge >= 0.3 is 0 Å². The number of nitrogens with one attached hydrogen (secondary N) is 1. The molecule has 1 fully saturated rings. The van der Waals surface area contributed by atoms with E-state index in [2.05, 4.69) is 100 Å². The number of pyridine rings is 1. The molecule has 0 saturated heterocycles. The fraction of sp³-hybridized carbons (Fsp3) is 0.448. The van der Waals surface area contributed by atoms with Gasteiger partial charge in [0, 0.05) is 24.2 Å². The van der Waals surface area contributed by atoms with Gasteiger partial charge in [0.25, 0.3) is 5.56 Å². The fourth-order valence-electron chi connectivity index (χ4n) is 5.50. The Labute approximate surface area is 212 Å². The van der Waals surface area contributed by atoms with Gasteiger partial charge in [0.05, 0.1) is 12.1 Å². The number of nitrogens with zero attached hydrogens (tertiary/aromatic N) is 5. The fourth-order valence-corrected chi connectivity index (χ4v) is 5.50. The molecule has 36 heavy (non-hydrogen) atoms. The Morgan fingerprint density at radius 2 is 1.75 bits per heavy atom. The number of tetrazole rings is 1. The number of H-pyrrole nitrogens is 1. The van der Waals surface area contributed by atoms with E-state index in [1.165, 1.54) is 35.1 Å². The highest BCUT2D eigenvalue weighted by Gasteiger charge is 2.29. The number of aromatic nitrogens is 5. The molecule has 1 unspecified atom stereocenters. The molecular formula is C29H36N6O. The normalized spacial score (nSPS) is 15.2.